The molecule has 72 valence electrons. The molecular weight excluding hydrogens is 289 g/mol. The second-order valence-electron chi connectivity index (χ2n) is 3.12. The van der Waals surface area contributed by atoms with Crippen LogP contribution in [0.5, 0.6) is 0 Å². The molecule has 1 heterocycles. The molecule has 3 nitrogen and oxygen atoms in total. The van der Waals surface area contributed by atoms with Gasteiger partial charge in [-0.15, -0.1) is 0 Å². The minimum atomic E-state index is 0.777. The minimum absolute atomic E-state index is 0.777. The lowest BCUT2D eigenvalue weighted by Crippen LogP contribution is -2.25. The number of hydrogen-bond donors (Lipinski definition) is 1. The number of halogens is 1. The Morgan fingerprint density at radius 3 is 2.79 bits per heavy atom. The molecule has 2 rings (SSSR count). The Morgan fingerprint density at radius 2 is 2.07 bits per heavy atom. The van der Waals surface area contributed by atoms with Gasteiger partial charge in [-0.1, -0.05) is 0 Å². The van der Waals surface area contributed by atoms with Crippen molar-refractivity contribution in [1.29, 1.82) is 0 Å². The molecule has 0 aliphatic rings. The van der Waals surface area contributed by atoms with Crippen molar-refractivity contribution in [2.45, 2.75) is 0 Å². The lowest BCUT2D eigenvalue weighted by atomic mass is 10.2. The third-order valence-corrected chi connectivity index (χ3v) is 2.67. The molecular formula is C10H10IN3. The molecule has 1 aromatic heterocycles. The van der Waals surface area contributed by atoms with Crippen LogP contribution in [0.25, 0.3) is 10.9 Å². The van der Waals surface area contributed by atoms with Crippen molar-refractivity contribution in [3.05, 3.63) is 33.9 Å². The summed E-state index contributed by atoms with van der Waals surface area (Å²) < 4.78 is 1.21. The smallest absolute Gasteiger partial charge is 0.142 e. The van der Waals surface area contributed by atoms with Crippen molar-refractivity contribution in [1.82, 2.24) is 4.98 Å². The number of fused-ring (bicyclic) bond motifs is 1. The average molecular weight is 299 g/mol. The molecule has 4 heteroatoms. The van der Waals surface area contributed by atoms with Crippen LogP contribution < -0.4 is 10.9 Å². The Hall–Kier alpha value is -0.880. The Kier molecular flexibility index (Phi) is 2.56. The zero-order valence-electron chi connectivity index (χ0n) is 7.74. The first-order valence-electron chi connectivity index (χ1n) is 4.21. The Labute approximate surface area is 96.0 Å². The van der Waals surface area contributed by atoms with Crippen molar-refractivity contribution in [2.75, 3.05) is 12.1 Å². The number of nitrogens with two attached hydrogens (primary N) is 1. The van der Waals surface area contributed by atoms with Crippen molar-refractivity contribution >= 4 is 39.3 Å². The van der Waals surface area contributed by atoms with Crippen LogP contribution in [-0.4, -0.2) is 12.0 Å². The largest absolute Gasteiger partial charge is 0.298 e. The van der Waals surface area contributed by atoms with E-state index in [4.69, 9.17) is 5.84 Å². The molecule has 0 unspecified atom stereocenters. The first-order valence-corrected chi connectivity index (χ1v) is 5.29. The number of nitrogens with zero attached hydrogens (tertiary/aromatic N) is 2. The number of anilines is 1. The molecule has 14 heavy (non-hydrogen) atoms. The van der Waals surface area contributed by atoms with Gasteiger partial charge in [-0.3, -0.25) is 5.01 Å². The van der Waals surface area contributed by atoms with Gasteiger partial charge in [0.1, 0.15) is 5.82 Å². The van der Waals surface area contributed by atoms with Crippen LogP contribution >= 0.6 is 22.6 Å². The highest BCUT2D eigenvalue weighted by Gasteiger charge is 2.00. The van der Waals surface area contributed by atoms with Gasteiger partial charge in [-0.25, -0.2) is 10.8 Å². The number of hydrogen-bond acceptors (Lipinski definition) is 3. The predicted molar refractivity (Wildman–Crippen MR) is 67.1 cm³/mol. The highest BCUT2D eigenvalue weighted by molar-refractivity contribution is 14.1. The molecule has 2 aromatic rings. The van der Waals surface area contributed by atoms with Gasteiger partial charge < -0.3 is 0 Å². The highest BCUT2D eigenvalue weighted by atomic mass is 127. The summed E-state index contributed by atoms with van der Waals surface area (Å²) in [5.74, 6) is 6.38. The van der Waals surface area contributed by atoms with Crippen molar-refractivity contribution < 1.29 is 0 Å². The van der Waals surface area contributed by atoms with Crippen LogP contribution in [0.1, 0.15) is 0 Å². The minimum Gasteiger partial charge on any atom is -0.298 e. The van der Waals surface area contributed by atoms with Gasteiger partial charge >= 0.3 is 0 Å². The summed E-state index contributed by atoms with van der Waals surface area (Å²) in [5.41, 5.74) is 0.972. The lowest BCUT2D eigenvalue weighted by molar-refractivity contribution is 0.986. The van der Waals surface area contributed by atoms with E-state index in [2.05, 4.69) is 33.6 Å². The quantitative estimate of drug-likeness (QED) is 0.498. The van der Waals surface area contributed by atoms with E-state index < -0.39 is 0 Å². The molecule has 0 aliphatic carbocycles. The Bertz CT molecular complexity index is 468. The number of hydrazine groups is 1. The van der Waals surface area contributed by atoms with E-state index in [0.29, 0.717) is 0 Å². The predicted octanol–water partition coefficient (Wildman–Crippen LogP) is 2.15. The number of rotatable bonds is 1. The summed E-state index contributed by atoms with van der Waals surface area (Å²) in [4.78, 5) is 4.41. The van der Waals surface area contributed by atoms with Crippen molar-refractivity contribution in [2.24, 2.45) is 5.84 Å². The van der Waals surface area contributed by atoms with Crippen LogP contribution in [-0.2, 0) is 0 Å². The molecule has 0 saturated heterocycles. The fourth-order valence-electron chi connectivity index (χ4n) is 1.28. The van der Waals surface area contributed by atoms with Gasteiger partial charge in [0, 0.05) is 16.0 Å². The normalized spacial score (nSPS) is 10.5. The van der Waals surface area contributed by atoms with Crippen molar-refractivity contribution in [3.8, 4) is 0 Å². The van der Waals surface area contributed by atoms with Gasteiger partial charge in [-0.2, -0.15) is 0 Å². The summed E-state index contributed by atoms with van der Waals surface area (Å²) >= 11 is 2.29. The van der Waals surface area contributed by atoms with Gasteiger partial charge in [0.25, 0.3) is 0 Å². The van der Waals surface area contributed by atoms with E-state index in [0.717, 1.165) is 16.7 Å². The van der Waals surface area contributed by atoms with E-state index in [-0.39, 0.29) is 0 Å². The van der Waals surface area contributed by atoms with Gasteiger partial charge in [0.15, 0.2) is 0 Å². The molecule has 0 amide bonds. The summed E-state index contributed by atoms with van der Waals surface area (Å²) in [6.45, 7) is 0. The SMILES string of the molecule is CN(N)c1ccc2cc(I)ccc2n1. The maximum atomic E-state index is 5.60. The number of aromatic nitrogens is 1. The van der Waals surface area contributed by atoms with E-state index in [1.54, 1.807) is 7.05 Å². The maximum Gasteiger partial charge on any atom is 0.142 e. The standard InChI is InChI=1S/C10H10IN3/c1-14(12)10-5-2-7-6-8(11)3-4-9(7)13-10/h2-6H,12H2,1H3. The monoisotopic (exact) mass is 299 g/mol. The van der Waals surface area contributed by atoms with E-state index in [1.807, 2.05) is 24.3 Å². The molecule has 1 aromatic carbocycles. The molecule has 0 aliphatic heterocycles. The van der Waals surface area contributed by atoms with Gasteiger partial charge in [0.05, 0.1) is 5.52 Å². The van der Waals surface area contributed by atoms with Crippen LogP contribution in [0.4, 0.5) is 5.82 Å². The summed E-state index contributed by atoms with van der Waals surface area (Å²) in [7, 11) is 1.78. The molecule has 0 bridgehead atoms. The van der Waals surface area contributed by atoms with Gasteiger partial charge in [0.2, 0.25) is 0 Å². The van der Waals surface area contributed by atoms with Crippen LogP contribution in [0.15, 0.2) is 30.3 Å². The van der Waals surface area contributed by atoms with E-state index in [9.17, 15) is 0 Å². The van der Waals surface area contributed by atoms with Crippen LogP contribution in [0, 0.1) is 3.57 Å². The summed E-state index contributed by atoms with van der Waals surface area (Å²) in [6, 6.07) is 10.1. The third-order valence-electron chi connectivity index (χ3n) is 2.00. The molecule has 2 N–H and O–H groups in total. The van der Waals surface area contributed by atoms with Crippen LogP contribution in [0.2, 0.25) is 0 Å². The molecule has 0 fully saturated rings. The molecule has 0 radical (unpaired) electrons. The molecule has 0 atom stereocenters. The Balaban J connectivity index is 2.62. The summed E-state index contributed by atoms with van der Waals surface area (Å²) in [5, 5.41) is 2.65. The zero-order chi connectivity index (χ0) is 10.1. The molecule has 0 saturated carbocycles. The lowest BCUT2D eigenvalue weighted by Gasteiger charge is -2.11. The molecule has 0 spiro atoms. The average Bonchev–Trinajstić information content (AvgIpc) is 2.16. The third kappa shape index (κ3) is 1.80. The highest BCUT2D eigenvalue weighted by Crippen LogP contribution is 2.18. The van der Waals surface area contributed by atoms with E-state index in [1.165, 1.54) is 8.58 Å². The number of pyridine rings is 1. The first kappa shape index (κ1) is 9.67. The second-order valence-corrected chi connectivity index (χ2v) is 4.36. The topological polar surface area (TPSA) is 42.1 Å². The second kappa shape index (κ2) is 3.70. The van der Waals surface area contributed by atoms with Crippen molar-refractivity contribution in [3.63, 3.8) is 0 Å². The summed E-state index contributed by atoms with van der Waals surface area (Å²) in [6.07, 6.45) is 0. The fraction of sp³-hybridized carbons (Fsp3) is 0.100. The van der Waals surface area contributed by atoms with Gasteiger partial charge in [-0.05, 0) is 52.9 Å². The van der Waals surface area contributed by atoms with Crippen LogP contribution in [0.3, 0.4) is 0 Å². The zero-order valence-corrected chi connectivity index (χ0v) is 9.89. The maximum absolute atomic E-state index is 5.60. The Morgan fingerprint density at radius 1 is 1.29 bits per heavy atom. The first-order chi connectivity index (χ1) is 6.66. The van der Waals surface area contributed by atoms with E-state index >= 15 is 0 Å². The fourth-order valence-corrected chi connectivity index (χ4v) is 1.80. The number of benzene rings is 1.